The molecule has 0 fully saturated rings. The first-order valence-electron chi connectivity index (χ1n) is 6.68. The summed E-state index contributed by atoms with van der Waals surface area (Å²) < 4.78 is 38.4. The molecule has 0 aliphatic carbocycles. The highest BCUT2D eigenvalue weighted by atomic mass is 19.4. The van der Waals surface area contributed by atoms with Crippen LogP contribution >= 0.6 is 0 Å². The lowest BCUT2D eigenvalue weighted by Gasteiger charge is -2.18. The average Bonchev–Trinajstić information content (AvgIpc) is 2.48. The third-order valence-electron chi connectivity index (χ3n) is 3.44. The molecule has 0 aliphatic rings. The summed E-state index contributed by atoms with van der Waals surface area (Å²) >= 11 is 0. The van der Waals surface area contributed by atoms with Gasteiger partial charge >= 0.3 is 6.18 Å². The van der Waals surface area contributed by atoms with Crippen molar-refractivity contribution in [2.75, 3.05) is 0 Å². The van der Waals surface area contributed by atoms with E-state index in [2.05, 4.69) is 5.43 Å². The summed E-state index contributed by atoms with van der Waals surface area (Å²) in [5, 5.41) is 0. The van der Waals surface area contributed by atoms with E-state index in [1.54, 1.807) is 6.07 Å². The summed E-state index contributed by atoms with van der Waals surface area (Å²) in [7, 11) is 0. The molecule has 0 saturated heterocycles. The second-order valence-electron chi connectivity index (χ2n) is 4.82. The third kappa shape index (κ3) is 3.62. The second kappa shape index (κ2) is 6.28. The quantitative estimate of drug-likeness (QED) is 0.664. The van der Waals surface area contributed by atoms with E-state index in [1.807, 2.05) is 31.2 Å². The van der Waals surface area contributed by atoms with E-state index in [0.717, 1.165) is 24.1 Å². The zero-order valence-corrected chi connectivity index (χ0v) is 11.6. The molecule has 3 N–H and O–H groups in total. The molecule has 0 spiro atoms. The van der Waals surface area contributed by atoms with Crippen LogP contribution < -0.4 is 11.3 Å². The van der Waals surface area contributed by atoms with E-state index in [4.69, 9.17) is 5.84 Å². The topological polar surface area (TPSA) is 38.0 Å². The van der Waals surface area contributed by atoms with E-state index >= 15 is 0 Å². The van der Waals surface area contributed by atoms with Gasteiger partial charge in [-0.25, -0.2) is 5.43 Å². The van der Waals surface area contributed by atoms with Crippen LogP contribution in [0.15, 0.2) is 48.5 Å². The van der Waals surface area contributed by atoms with Gasteiger partial charge in [0.15, 0.2) is 0 Å². The number of nitrogens with two attached hydrogens (primary N) is 1. The molecule has 112 valence electrons. The van der Waals surface area contributed by atoms with Crippen molar-refractivity contribution in [2.24, 2.45) is 5.84 Å². The van der Waals surface area contributed by atoms with Gasteiger partial charge in [-0.05, 0) is 35.2 Å². The lowest BCUT2D eigenvalue weighted by Crippen LogP contribution is -2.29. The number of hydrogen-bond donors (Lipinski definition) is 2. The Morgan fingerprint density at radius 2 is 1.71 bits per heavy atom. The van der Waals surface area contributed by atoms with Gasteiger partial charge in [0.25, 0.3) is 0 Å². The Kier molecular flexibility index (Phi) is 4.65. The molecule has 0 heterocycles. The summed E-state index contributed by atoms with van der Waals surface area (Å²) in [4.78, 5) is 0. The van der Waals surface area contributed by atoms with Gasteiger partial charge in [-0.1, -0.05) is 43.3 Å². The summed E-state index contributed by atoms with van der Waals surface area (Å²) in [6, 6.07) is 12.4. The molecule has 21 heavy (non-hydrogen) atoms. The van der Waals surface area contributed by atoms with Crippen molar-refractivity contribution < 1.29 is 13.2 Å². The van der Waals surface area contributed by atoms with Gasteiger partial charge in [-0.15, -0.1) is 0 Å². The molecule has 0 aromatic heterocycles. The first-order chi connectivity index (χ1) is 9.95. The Bertz CT molecular complexity index is 591. The van der Waals surface area contributed by atoms with Crippen molar-refractivity contribution in [1.82, 2.24) is 5.43 Å². The Morgan fingerprint density at radius 1 is 1.05 bits per heavy atom. The highest BCUT2D eigenvalue weighted by Gasteiger charge is 2.31. The van der Waals surface area contributed by atoms with Crippen LogP contribution in [0, 0.1) is 0 Å². The summed E-state index contributed by atoms with van der Waals surface area (Å²) in [5.41, 5.74) is 4.38. The Hall–Kier alpha value is -1.85. The number of aryl methyl sites for hydroxylation is 1. The Morgan fingerprint density at radius 3 is 2.24 bits per heavy atom. The van der Waals surface area contributed by atoms with Crippen LogP contribution in [0.25, 0.3) is 0 Å². The molecular formula is C16H17F3N2. The van der Waals surface area contributed by atoms with Crippen LogP contribution in [0.3, 0.4) is 0 Å². The van der Waals surface area contributed by atoms with Gasteiger partial charge < -0.3 is 0 Å². The first kappa shape index (κ1) is 15.5. The minimum Gasteiger partial charge on any atom is -0.271 e. The van der Waals surface area contributed by atoms with Gasteiger partial charge in [0, 0.05) is 0 Å². The molecule has 2 aromatic rings. The average molecular weight is 294 g/mol. The maximum Gasteiger partial charge on any atom is 0.416 e. The second-order valence-corrected chi connectivity index (χ2v) is 4.82. The third-order valence-corrected chi connectivity index (χ3v) is 3.44. The smallest absolute Gasteiger partial charge is 0.271 e. The van der Waals surface area contributed by atoms with E-state index in [9.17, 15) is 13.2 Å². The van der Waals surface area contributed by atoms with Crippen molar-refractivity contribution in [2.45, 2.75) is 25.6 Å². The minimum absolute atomic E-state index is 0.474. The molecule has 0 radical (unpaired) electrons. The number of benzene rings is 2. The number of hydrazine groups is 1. The van der Waals surface area contributed by atoms with Crippen LogP contribution in [0.1, 0.15) is 35.2 Å². The standard InChI is InChI=1S/C16H17F3N2/c1-2-11-6-8-12(9-7-11)15(21-20)13-4-3-5-14(10-13)16(17,18)19/h3-10,15,21H,2,20H2,1H3. The van der Waals surface area contributed by atoms with Gasteiger partial charge in [0.05, 0.1) is 11.6 Å². The van der Waals surface area contributed by atoms with Crippen LogP contribution in [0.4, 0.5) is 13.2 Å². The van der Waals surface area contributed by atoms with Gasteiger partial charge in [-0.2, -0.15) is 13.2 Å². The van der Waals surface area contributed by atoms with E-state index in [-0.39, 0.29) is 0 Å². The molecule has 1 unspecified atom stereocenters. The highest BCUT2D eigenvalue weighted by Crippen LogP contribution is 2.32. The Balaban J connectivity index is 2.36. The van der Waals surface area contributed by atoms with Crippen LogP contribution in [-0.4, -0.2) is 0 Å². The largest absolute Gasteiger partial charge is 0.416 e. The molecule has 0 saturated carbocycles. The number of alkyl halides is 3. The van der Waals surface area contributed by atoms with Crippen LogP contribution in [-0.2, 0) is 12.6 Å². The molecule has 2 rings (SSSR count). The fraction of sp³-hybridized carbons (Fsp3) is 0.250. The minimum atomic E-state index is -4.36. The fourth-order valence-electron chi connectivity index (χ4n) is 2.23. The molecular weight excluding hydrogens is 277 g/mol. The van der Waals surface area contributed by atoms with E-state index in [1.165, 1.54) is 11.6 Å². The maximum atomic E-state index is 12.8. The van der Waals surface area contributed by atoms with Gasteiger partial charge in [0.1, 0.15) is 0 Å². The fourth-order valence-corrected chi connectivity index (χ4v) is 2.23. The predicted octanol–water partition coefficient (Wildman–Crippen LogP) is 3.82. The highest BCUT2D eigenvalue weighted by molar-refractivity contribution is 5.36. The van der Waals surface area contributed by atoms with Crippen molar-refractivity contribution in [3.8, 4) is 0 Å². The zero-order chi connectivity index (χ0) is 15.5. The molecule has 5 heteroatoms. The summed E-state index contributed by atoms with van der Waals surface area (Å²) in [5.74, 6) is 5.54. The molecule has 0 aliphatic heterocycles. The van der Waals surface area contributed by atoms with Crippen molar-refractivity contribution >= 4 is 0 Å². The van der Waals surface area contributed by atoms with E-state index < -0.39 is 17.8 Å². The van der Waals surface area contributed by atoms with Gasteiger partial charge in [-0.3, -0.25) is 5.84 Å². The first-order valence-corrected chi connectivity index (χ1v) is 6.68. The number of hydrogen-bond acceptors (Lipinski definition) is 2. The number of nitrogens with one attached hydrogen (secondary N) is 1. The van der Waals surface area contributed by atoms with E-state index in [0.29, 0.717) is 5.56 Å². The SMILES string of the molecule is CCc1ccc(C(NN)c2cccc(C(F)(F)F)c2)cc1. The molecule has 0 amide bonds. The van der Waals surface area contributed by atoms with Crippen molar-refractivity contribution in [1.29, 1.82) is 0 Å². The lowest BCUT2D eigenvalue weighted by atomic mass is 9.96. The zero-order valence-electron chi connectivity index (χ0n) is 11.6. The molecule has 1 atom stereocenters. The Labute approximate surface area is 121 Å². The summed E-state index contributed by atoms with van der Waals surface area (Å²) in [6.07, 6.45) is -3.45. The molecule has 2 nitrogen and oxygen atoms in total. The normalized spacial score (nSPS) is 13.2. The van der Waals surface area contributed by atoms with Gasteiger partial charge in [0.2, 0.25) is 0 Å². The lowest BCUT2D eigenvalue weighted by molar-refractivity contribution is -0.137. The predicted molar refractivity (Wildman–Crippen MR) is 76.4 cm³/mol. The molecule has 2 aromatic carbocycles. The van der Waals surface area contributed by atoms with Crippen molar-refractivity contribution in [3.63, 3.8) is 0 Å². The summed E-state index contributed by atoms with van der Waals surface area (Å²) in [6.45, 7) is 2.04. The molecule has 0 bridgehead atoms. The maximum absolute atomic E-state index is 12.8. The van der Waals surface area contributed by atoms with Crippen LogP contribution in [0.5, 0.6) is 0 Å². The van der Waals surface area contributed by atoms with Crippen LogP contribution in [0.2, 0.25) is 0 Å². The number of halogens is 3. The van der Waals surface area contributed by atoms with Crippen molar-refractivity contribution in [3.05, 3.63) is 70.8 Å². The number of rotatable bonds is 4. The monoisotopic (exact) mass is 294 g/mol.